The van der Waals surface area contributed by atoms with Gasteiger partial charge in [0.2, 0.25) is 5.91 Å². The number of carbonyl (C=O) groups excluding carboxylic acids is 2. The van der Waals surface area contributed by atoms with E-state index < -0.39 is 6.29 Å². The molecular weight excluding hydrogens is 348 g/mol. The van der Waals surface area contributed by atoms with Crippen LogP contribution in [0.1, 0.15) is 30.9 Å². The lowest BCUT2D eigenvalue weighted by Gasteiger charge is -2.30. The van der Waals surface area contributed by atoms with Gasteiger partial charge in [0.15, 0.2) is 6.29 Å². The van der Waals surface area contributed by atoms with Gasteiger partial charge in [0, 0.05) is 25.1 Å². The molecule has 2 atom stereocenters. The quantitative estimate of drug-likeness (QED) is 0.636. The summed E-state index contributed by atoms with van der Waals surface area (Å²) >= 11 is 0. The molecule has 2 heterocycles. The summed E-state index contributed by atoms with van der Waals surface area (Å²) in [5, 5.41) is 16.0. The molecule has 1 aromatic carbocycles. The van der Waals surface area contributed by atoms with E-state index in [9.17, 15) is 9.59 Å². The van der Waals surface area contributed by atoms with Crippen LogP contribution < -0.4 is 26.0 Å². The van der Waals surface area contributed by atoms with E-state index >= 15 is 0 Å². The number of benzene rings is 1. The predicted molar refractivity (Wildman–Crippen MR) is 100 cm³/mol. The molecule has 2 unspecified atom stereocenters. The van der Waals surface area contributed by atoms with Crippen molar-refractivity contribution in [1.82, 2.24) is 25.7 Å². The second kappa shape index (κ2) is 8.09. The zero-order valence-electron chi connectivity index (χ0n) is 15.6. The number of aryl methyl sites for hydroxylation is 1. The summed E-state index contributed by atoms with van der Waals surface area (Å²) in [6.07, 6.45) is -0.103. The lowest BCUT2D eigenvalue weighted by atomic mass is 10.2. The lowest BCUT2D eigenvalue weighted by Crippen LogP contribution is -2.52. The van der Waals surface area contributed by atoms with Crippen LogP contribution in [0.5, 0.6) is 5.75 Å². The molecule has 0 spiro atoms. The number of ether oxygens (including phenoxy) is 1. The van der Waals surface area contributed by atoms with Gasteiger partial charge in [-0.3, -0.25) is 15.4 Å². The molecule has 1 aliphatic heterocycles. The molecule has 3 amide bonds. The van der Waals surface area contributed by atoms with E-state index in [0.717, 1.165) is 17.0 Å². The highest BCUT2D eigenvalue weighted by molar-refractivity contribution is 5.88. The number of carbonyl (C=O) groups is 2. The van der Waals surface area contributed by atoms with E-state index in [2.05, 4.69) is 26.4 Å². The Bertz CT molecular complexity index is 817. The number of rotatable bonds is 5. The fraction of sp³-hybridized carbons (Fsp3) is 0.389. The van der Waals surface area contributed by atoms with Crippen LogP contribution in [-0.2, 0) is 11.3 Å². The second-order valence-corrected chi connectivity index (χ2v) is 6.51. The van der Waals surface area contributed by atoms with Crippen LogP contribution in [0.4, 0.5) is 10.6 Å². The number of urea groups is 1. The number of nitrogens with zero attached hydrogens (tertiary/aromatic N) is 2. The van der Waals surface area contributed by atoms with Gasteiger partial charge in [-0.1, -0.05) is 12.1 Å². The largest absolute Gasteiger partial charge is 0.497 e. The number of nitrogens with one attached hydrogen (secondary N) is 4. The molecule has 9 nitrogen and oxygen atoms in total. The Labute approximate surface area is 157 Å². The standard InChI is InChI=1S/C18H24N6O3/c1-11-9-16(25)22-17(20-11)24-15(8-12(2)23-24)21-18(26)19-10-13-4-6-14(27-3)7-5-13/h4-8,11,17,20H,9-10H2,1-3H3,(H,22,25)(H2,19,21,26). The molecule has 0 saturated carbocycles. The number of methoxy groups -OCH3 is 1. The second-order valence-electron chi connectivity index (χ2n) is 6.51. The molecule has 1 aliphatic rings. The topological polar surface area (TPSA) is 109 Å². The van der Waals surface area contributed by atoms with E-state index in [1.165, 1.54) is 0 Å². The van der Waals surface area contributed by atoms with Gasteiger partial charge in [0.05, 0.1) is 12.8 Å². The molecule has 2 aromatic rings. The summed E-state index contributed by atoms with van der Waals surface area (Å²) in [6, 6.07) is 8.86. The molecule has 4 N–H and O–H groups in total. The van der Waals surface area contributed by atoms with Crippen LogP contribution in [0, 0.1) is 6.92 Å². The third-order valence-corrected chi connectivity index (χ3v) is 4.19. The third-order valence-electron chi connectivity index (χ3n) is 4.19. The van der Waals surface area contributed by atoms with Crippen LogP contribution in [-0.4, -0.2) is 34.9 Å². The van der Waals surface area contributed by atoms with Crippen molar-refractivity contribution in [3.8, 4) is 5.75 Å². The minimum atomic E-state index is -0.508. The Balaban J connectivity index is 1.62. The first-order chi connectivity index (χ1) is 12.9. The van der Waals surface area contributed by atoms with Crippen LogP contribution in [0.2, 0.25) is 0 Å². The first-order valence-electron chi connectivity index (χ1n) is 8.74. The summed E-state index contributed by atoms with van der Waals surface area (Å²) < 4.78 is 6.68. The minimum absolute atomic E-state index is 0.0185. The van der Waals surface area contributed by atoms with E-state index in [0.29, 0.717) is 18.8 Å². The fourth-order valence-electron chi connectivity index (χ4n) is 2.88. The maximum Gasteiger partial charge on any atom is 0.320 e. The highest BCUT2D eigenvalue weighted by Crippen LogP contribution is 2.17. The van der Waals surface area contributed by atoms with Crippen molar-refractivity contribution in [3.63, 3.8) is 0 Å². The SMILES string of the molecule is COc1ccc(CNC(=O)Nc2cc(C)nn2C2NC(=O)CC(C)N2)cc1. The van der Waals surface area contributed by atoms with Gasteiger partial charge >= 0.3 is 6.03 Å². The number of amides is 3. The Morgan fingerprint density at radius 1 is 1.37 bits per heavy atom. The summed E-state index contributed by atoms with van der Waals surface area (Å²) in [5.41, 5.74) is 1.68. The summed E-state index contributed by atoms with van der Waals surface area (Å²) in [6.45, 7) is 4.13. The highest BCUT2D eigenvalue weighted by atomic mass is 16.5. The van der Waals surface area contributed by atoms with Crippen molar-refractivity contribution in [1.29, 1.82) is 0 Å². The predicted octanol–water partition coefficient (Wildman–Crippen LogP) is 1.48. The van der Waals surface area contributed by atoms with Crippen molar-refractivity contribution in [2.24, 2.45) is 0 Å². The molecule has 0 radical (unpaired) electrons. The van der Waals surface area contributed by atoms with Crippen molar-refractivity contribution >= 4 is 17.8 Å². The molecule has 1 aromatic heterocycles. The first-order valence-corrected chi connectivity index (χ1v) is 8.74. The van der Waals surface area contributed by atoms with Gasteiger partial charge in [-0.25, -0.2) is 9.48 Å². The van der Waals surface area contributed by atoms with Gasteiger partial charge in [0.1, 0.15) is 11.6 Å². The van der Waals surface area contributed by atoms with Crippen molar-refractivity contribution in [2.75, 3.05) is 12.4 Å². The maximum atomic E-state index is 12.3. The average molecular weight is 372 g/mol. The molecule has 1 saturated heterocycles. The van der Waals surface area contributed by atoms with Gasteiger partial charge in [-0.05, 0) is 31.5 Å². The lowest BCUT2D eigenvalue weighted by molar-refractivity contribution is -0.125. The summed E-state index contributed by atoms with van der Waals surface area (Å²) in [7, 11) is 1.61. The third kappa shape index (κ3) is 4.76. The van der Waals surface area contributed by atoms with Crippen LogP contribution in [0.3, 0.4) is 0 Å². The van der Waals surface area contributed by atoms with Gasteiger partial charge < -0.3 is 15.4 Å². The van der Waals surface area contributed by atoms with Crippen LogP contribution in [0.25, 0.3) is 0 Å². The molecule has 3 rings (SSSR count). The van der Waals surface area contributed by atoms with Gasteiger partial charge in [-0.2, -0.15) is 5.10 Å². The van der Waals surface area contributed by atoms with Crippen LogP contribution in [0.15, 0.2) is 30.3 Å². The first kappa shape index (κ1) is 18.7. The molecule has 9 heteroatoms. The van der Waals surface area contributed by atoms with Gasteiger partial charge in [-0.15, -0.1) is 0 Å². The molecule has 0 aliphatic carbocycles. The highest BCUT2D eigenvalue weighted by Gasteiger charge is 2.26. The number of hydrogen-bond donors (Lipinski definition) is 4. The normalized spacial score (nSPS) is 19.3. The van der Waals surface area contributed by atoms with E-state index in [1.54, 1.807) is 17.9 Å². The van der Waals surface area contributed by atoms with E-state index in [1.807, 2.05) is 38.1 Å². The van der Waals surface area contributed by atoms with E-state index in [-0.39, 0.29) is 18.0 Å². The Hall–Kier alpha value is -3.07. The van der Waals surface area contributed by atoms with Crippen molar-refractivity contribution < 1.29 is 14.3 Å². The zero-order chi connectivity index (χ0) is 19.4. The monoisotopic (exact) mass is 372 g/mol. The Morgan fingerprint density at radius 2 is 2.11 bits per heavy atom. The molecule has 27 heavy (non-hydrogen) atoms. The maximum absolute atomic E-state index is 12.3. The number of anilines is 1. The van der Waals surface area contributed by atoms with Crippen molar-refractivity contribution in [3.05, 3.63) is 41.6 Å². The smallest absolute Gasteiger partial charge is 0.320 e. The molecule has 1 fully saturated rings. The minimum Gasteiger partial charge on any atom is -0.497 e. The van der Waals surface area contributed by atoms with Crippen LogP contribution >= 0.6 is 0 Å². The Kier molecular flexibility index (Phi) is 5.60. The molecular formula is C18H24N6O3. The summed E-state index contributed by atoms with van der Waals surface area (Å²) in [5.74, 6) is 1.19. The fourth-order valence-corrected chi connectivity index (χ4v) is 2.88. The Morgan fingerprint density at radius 3 is 2.78 bits per heavy atom. The van der Waals surface area contributed by atoms with E-state index in [4.69, 9.17) is 4.74 Å². The number of aromatic nitrogens is 2. The number of hydrogen-bond acceptors (Lipinski definition) is 5. The summed E-state index contributed by atoms with van der Waals surface area (Å²) in [4.78, 5) is 24.1. The zero-order valence-corrected chi connectivity index (χ0v) is 15.6. The molecule has 144 valence electrons. The molecule has 0 bridgehead atoms. The average Bonchev–Trinajstić information content (AvgIpc) is 3.00. The van der Waals surface area contributed by atoms with Gasteiger partial charge in [0.25, 0.3) is 0 Å². The van der Waals surface area contributed by atoms with Crippen molar-refractivity contribution in [2.45, 2.75) is 39.1 Å².